The summed E-state index contributed by atoms with van der Waals surface area (Å²) in [6.45, 7) is 8.62. The van der Waals surface area contributed by atoms with Gasteiger partial charge in [-0.2, -0.15) is 0 Å². The number of carboxylic acid groups (broad SMARTS) is 1. The van der Waals surface area contributed by atoms with E-state index in [1.807, 2.05) is 45.0 Å². The van der Waals surface area contributed by atoms with E-state index in [0.717, 1.165) is 61.9 Å². The van der Waals surface area contributed by atoms with E-state index in [1.165, 1.54) is 14.2 Å². The number of hydrogen-bond acceptors (Lipinski definition) is 10. The van der Waals surface area contributed by atoms with Gasteiger partial charge in [0.2, 0.25) is 11.8 Å². The van der Waals surface area contributed by atoms with Crippen LogP contribution in [0.2, 0.25) is 0 Å². The normalized spacial score (nSPS) is 21.0. The number of carbonyl (C=O) groups is 4. The number of amides is 4. The molecule has 3 aliphatic rings. The summed E-state index contributed by atoms with van der Waals surface area (Å²) in [5.74, 6) is 1.33. The Hall–Kier alpha value is -6.20. The van der Waals surface area contributed by atoms with E-state index >= 15 is 0 Å². The van der Waals surface area contributed by atoms with Gasteiger partial charge < -0.3 is 54.5 Å². The van der Waals surface area contributed by atoms with Crippen LogP contribution in [0.25, 0.3) is 44.2 Å². The van der Waals surface area contributed by atoms with Gasteiger partial charge in [-0.15, -0.1) is 0 Å². The van der Waals surface area contributed by atoms with Gasteiger partial charge in [-0.05, 0) is 85.4 Å². The van der Waals surface area contributed by atoms with Crippen molar-refractivity contribution in [3.8, 4) is 28.1 Å². The maximum Gasteiger partial charge on any atom is 0.407 e. The zero-order chi connectivity index (χ0) is 44.0. The van der Waals surface area contributed by atoms with Crippen molar-refractivity contribution >= 4 is 45.8 Å². The van der Waals surface area contributed by atoms with Gasteiger partial charge in [-0.25, -0.2) is 19.6 Å². The molecule has 62 heavy (non-hydrogen) atoms. The largest absolute Gasteiger partial charge is 0.488 e. The summed E-state index contributed by atoms with van der Waals surface area (Å²) >= 11 is 0. The summed E-state index contributed by atoms with van der Waals surface area (Å²) in [5, 5.41) is 16.5. The van der Waals surface area contributed by atoms with Crippen molar-refractivity contribution in [3.63, 3.8) is 0 Å². The minimum Gasteiger partial charge on any atom is -0.488 e. The Labute approximate surface area is 358 Å². The van der Waals surface area contributed by atoms with Crippen molar-refractivity contribution in [2.24, 2.45) is 11.8 Å². The Bertz CT molecular complexity index is 2520. The number of H-pyrrole nitrogens is 2. The third kappa shape index (κ3) is 7.90. The molecule has 2 aromatic heterocycles. The number of nitrogens with zero attached hydrogens (tertiary/aromatic N) is 4. The fraction of sp³-hybridized carbons (Fsp3) is 0.467. The standard InChI is InChI=1S/C45H54N8O9/c1-22(2)37(50-44(56)57)43(55)53-23(3)8-13-34(53)41-47-32-12-10-26-16-31-29-11-9-27(15-28(29)21-62-36(31)17-30(26)39(32)49-41)33-18-46-40(48-33)35-14-25(20-59-5)19-52(35)42(54)38(24(4)60-6)51-45(58)61-7/h9-12,15-18,22-25,34-35,37-38,50H,8,13-14,19-21H2,1-7H3,(H,46,48)(H,47,49)(H,51,58)(H,56,57)/t23-,24-,25-,34-,35-,37-,38-/m0/s1. The van der Waals surface area contributed by atoms with E-state index in [1.54, 1.807) is 30.0 Å². The van der Waals surface area contributed by atoms with E-state index in [2.05, 4.69) is 38.8 Å². The molecule has 5 heterocycles. The first kappa shape index (κ1) is 42.5. The van der Waals surface area contributed by atoms with Gasteiger partial charge in [0, 0.05) is 43.7 Å². The van der Waals surface area contributed by atoms with Crippen molar-refractivity contribution in [2.75, 3.05) is 34.5 Å². The number of likely N-dealkylation sites (tertiary alicyclic amines) is 2. The van der Waals surface area contributed by atoms with Crippen molar-refractivity contribution in [2.45, 2.75) is 89.9 Å². The Morgan fingerprint density at radius 3 is 2.47 bits per heavy atom. The summed E-state index contributed by atoms with van der Waals surface area (Å²) in [5.41, 5.74) is 6.34. The fourth-order valence-corrected chi connectivity index (χ4v) is 9.38. The molecular weight excluding hydrogens is 797 g/mol. The van der Waals surface area contributed by atoms with Gasteiger partial charge in [0.05, 0.1) is 54.8 Å². The summed E-state index contributed by atoms with van der Waals surface area (Å²) in [6, 6.07) is 11.8. The first-order chi connectivity index (χ1) is 29.8. The molecule has 2 saturated heterocycles. The van der Waals surface area contributed by atoms with Crippen LogP contribution in [0.4, 0.5) is 9.59 Å². The second-order valence-corrected chi connectivity index (χ2v) is 17.0. The molecule has 0 aliphatic carbocycles. The first-order valence-electron chi connectivity index (χ1n) is 21.1. The monoisotopic (exact) mass is 850 g/mol. The number of hydrogen-bond donors (Lipinski definition) is 5. The van der Waals surface area contributed by atoms with Crippen LogP contribution in [-0.2, 0) is 30.4 Å². The number of rotatable bonds is 12. The lowest BCUT2D eigenvalue weighted by molar-refractivity contribution is -0.138. The zero-order valence-corrected chi connectivity index (χ0v) is 36.0. The topological polar surface area (TPSA) is 213 Å². The molecule has 17 nitrogen and oxygen atoms in total. The summed E-state index contributed by atoms with van der Waals surface area (Å²) < 4.78 is 22.2. The highest BCUT2D eigenvalue weighted by Crippen LogP contribution is 2.44. The Morgan fingerprint density at radius 1 is 0.935 bits per heavy atom. The highest BCUT2D eigenvalue weighted by atomic mass is 16.5. The first-order valence-corrected chi connectivity index (χ1v) is 21.1. The van der Waals surface area contributed by atoms with Crippen molar-refractivity contribution < 1.29 is 43.2 Å². The van der Waals surface area contributed by atoms with Crippen molar-refractivity contribution in [3.05, 3.63) is 65.9 Å². The molecule has 2 fully saturated rings. The summed E-state index contributed by atoms with van der Waals surface area (Å²) in [4.78, 5) is 71.9. The lowest BCUT2D eigenvalue weighted by atomic mass is 9.92. The molecule has 328 valence electrons. The number of carbonyl (C=O) groups excluding carboxylic acids is 3. The number of nitrogens with one attached hydrogen (secondary N) is 4. The molecule has 0 saturated carbocycles. The van der Waals surface area contributed by atoms with Gasteiger partial charge in [-0.1, -0.05) is 32.0 Å². The predicted octanol–water partition coefficient (Wildman–Crippen LogP) is 6.31. The number of imidazole rings is 2. The maximum atomic E-state index is 14.0. The van der Waals surface area contributed by atoms with Crippen LogP contribution in [-0.4, -0.2) is 118 Å². The van der Waals surface area contributed by atoms with Gasteiger partial charge in [-0.3, -0.25) is 9.59 Å². The molecule has 0 radical (unpaired) electrons. The average molecular weight is 851 g/mol. The maximum absolute atomic E-state index is 14.0. The third-order valence-electron chi connectivity index (χ3n) is 12.7. The number of methoxy groups -OCH3 is 3. The summed E-state index contributed by atoms with van der Waals surface area (Å²) in [6.07, 6.45) is 1.32. The van der Waals surface area contributed by atoms with Crippen molar-refractivity contribution in [1.82, 2.24) is 40.4 Å². The van der Waals surface area contributed by atoms with Gasteiger partial charge in [0.25, 0.3) is 0 Å². The van der Waals surface area contributed by atoms with Crippen LogP contribution in [0.3, 0.4) is 0 Å². The Kier molecular flexibility index (Phi) is 11.8. The summed E-state index contributed by atoms with van der Waals surface area (Å²) in [7, 11) is 4.38. The van der Waals surface area contributed by atoms with Crippen LogP contribution in [0.15, 0.2) is 48.7 Å². The molecule has 7 atom stereocenters. The second-order valence-electron chi connectivity index (χ2n) is 17.0. The van der Waals surface area contributed by atoms with Crippen molar-refractivity contribution in [1.29, 1.82) is 0 Å². The second kappa shape index (κ2) is 17.3. The molecule has 0 spiro atoms. The molecule has 5 aromatic rings. The lowest BCUT2D eigenvalue weighted by Gasteiger charge is -2.32. The van der Waals surface area contributed by atoms with Gasteiger partial charge in [0.1, 0.15) is 36.1 Å². The predicted molar refractivity (Wildman–Crippen MR) is 229 cm³/mol. The quantitative estimate of drug-likeness (QED) is 0.0939. The Morgan fingerprint density at radius 2 is 1.74 bits per heavy atom. The molecule has 5 N–H and O–H groups in total. The highest BCUT2D eigenvalue weighted by Gasteiger charge is 2.43. The van der Waals surface area contributed by atoms with Crippen LogP contribution in [0, 0.1) is 11.8 Å². The van der Waals surface area contributed by atoms with Crippen LogP contribution in [0.5, 0.6) is 5.75 Å². The molecule has 4 amide bonds. The Balaban J connectivity index is 1.05. The number of alkyl carbamates (subject to hydrolysis) is 1. The smallest absolute Gasteiger partial charge is 0.407 e. The van der Waals surface area contributed by atoms with E-state index < -0.39 is 30.4 Å². The lowest BCUT2D eigenvalue weighted by Crippen LogP contribution is -2.54. The molecule has 3 aliphatic heterocycles. The van der Waals surface area contributed by atoms with Crippen LogP contribution >= 0.6 is 0 Å². The number of aromatic amines is 2. The van der Waals surface area contributed by atoms with Crippen LogP contribution in [0.1, 0.15) is 76.3 Å². The fourth-order valence-electron chi connectivity index (χ4n) is 9.38. The minimum atomic E-state index is -1.23. The minimum absolute atomic E-state index is 0.0621. The number of ether oxygens (including phenoxy) is 4. The van der Waals surface area contributed by atoms with E-state index in [-0.39, 0.29) is 41.8 Å². The van der Waals surface area contributed by atoms with Gasteiger partial charge >= 0.3 is 12.2 Å². The molecule has 8 rings (SSSR count). The number of benzene rings is 3. The number of aromatic nitrogens is 4. The third-order valence-corrected chi connectivity index (χ3v) is 12.7. The molecule has 0 unspecified atom stereocenters. The molecule has 0 bridgehead atoms. The highest BCUT2D eigenvalue weighted by molar-refractivity contribution is 6.07. The van der Waals surface area contributed by atoms with E-state index in [0.29, 0.717) is 44.2 Å². The molecular formula is C45H54N8O9. The average Bonchev–Trinajstić information content (AvgIpc) is 4.09. The van der Waals surface area contributed by atoms with E-state index in [9.17, 15) is 24.3 Å². The number of fused-ring (bicyclic) bond motifs is 6. The van der Waals surface area contributed by atoms with E-state index in [4.69, 9.17) is 28.9 Å². The SMILES string of the molecule is COC[C@H]1C[C@@H](c2ncc(-c3ccc4c(c3)COc3cc5c(ccc6nc([C@@H]7CC[C@H](C)N7C(=O)[C@@H](NC(=O)O)C(C)C)[nH]c65)cc3-4)[nH]2)N(C(=O)[C@@H](NC(=O)OC)[C@H](C)OC)C1. The van der Waals surface area contributed by atoms with Gasteiger partial charge in [0.15, 0.2) is 0 Å². The molecule has 3 aromatic carbocycles. The molecule has 17 heteroatoms. The zero-order valence-electron chi connectivity index (χ0n) is 36.0. The van der Waals surface area contributed by atoms with Crippen LogP contribution < -0.4 is 15.4 Å².